The minimum absolute atomic E-state index is 0.0519. The zero-order valence-electron chi connectivity index (χ0n) is 19.1. The maximum absolute atomic E-state index is 12.7. The Balaban J connectivity index is 1.48. The van der Waals surface area contributed by atoms with Crippen molar-refractivity contribution in [3.8, 4) is 5.69 Å². The van der Waals surface area contributed by atoms with Crippen LogP contribution < -0.4 is 16.2 Å². The van der Waals surface area contributed by atoms with Gasteiger partial charge in [0.05, 0.1) is 28.6 Å². The molecule has 178 valence electrons. The van der Waals surface area contributed by atoms with Gasteiger partial charge < -0.3 is 5.32 Å². The number of thioether (sulfide) groups is 1. The van der Waals surface area contributed by atoms with Crippen molar-refractivity contribution in [2.24, 2.45) is 0 Å². The van der Waals surface area contributed by atoms with Gasteiger partial charge in [0.15, 0.2) is 20.4 Å². The predicted molar refractivity (Wildman–Crippen MR) is 144 cm³/mol. The van der Waals surface area contributed by atoms with Crippen LogP contribution in [-0.2, 0) is 4.79 Å². The monoisotopic (exact) mass is 521 g/mol. The van der Waals surface area contributed by atoms with Crippen LogP contribution in [0.25, 0.3) is 32.7 Å². The van der Waals surface area contributed by atoms with E-state index in [1.54, 1.807) is 0 Å². The quantitative estimate of drug-likeness (QED) is 0.180. The van der Waals surface area contributed by atoms with Crippen LogP contribution in [0.3, 0.4) is 0 Å². The van der Waals surface area contributed by atoms with Gasteiger partial charge in [-0.15, -0.1) is 0 Å². The predicted octanol–water partition coefficient (Wildman–Crippen LogP) is 4.35. The number of aryl methyl sites for hydroxylation is 1. The summed E-state index contributed by atoms with van der Waals surface area (Å²) in [4.78, 5) is 22.7. The topological polar surface area (TPSA) is 88.3 Å². The molecule has 35 heavy (non-hydrogen) atoms. The number of hydrazine groups is 1. The summed E-state index contributed by atoms with van der Waals surface area (Å²) >= 11 is 8.71. The molecule has 1 fully saturated rings. The normalized spacial score (nSPS) is 18.1. The van der Waals surface area contributed by atoms with E-state index in [-0.39, 0.29) is 17.8 Å². The van der Waals surface area contributed by atoms with Gasteiger partial charge in [-0.25, -0.2) is 15.4 Å². The van der Waals surface area contributed by atoms with Crippen LogP contribution in [-0.4, -0.2) is 42.8 Å². The number of nitrogens with one attached hydrogen (secondary N) is 3. The van der Waals surface area contributed by atoms with Gasteiger partial charge >= 0.3 is 0 Å². The Morgan fingerprint density at radius 2 is 1.97 bits per heavy atom. The summed E-state index contributed by atoms with van der Waals surface area (Å²) in [6.07, 6.45) is 0.759. The number of hydrogen-bond acceptors (Lipinski definition) is 8. The summed E-state index contributed by atoms with van der Waals surface area (Å²) in [5.41, 5.74) is 11.7. The average molecular weight is 522 g/mol. The van der Waals surface area contributed by atoms with Gasteiger partial charge in [-0.2, -0.15) is 0 Å². The Labute approximate surface area is 214 Å². The number of nitrogens with zero attached hydrogens (tertiary/aromatic N) is 4. The Morgan fingerprint density at radius 1 is 1.17 bits per heavy atom. The number of fused-ring (bicyclic) bond motifs is 5. The molecule has 11 heteroatoms. The largest absolute Gasteiger partial charge is 0.339 e. The van der Waals surface area contributed by atoms with Crippen molar-refractivity contribution < 1.29 is 4.79 Å². The molecule has 2 unspecified atom stereocenters. The van der Waals surface area contributed by atoms with Crippen LogP contribution in [0.15, 0.2) is 53.7 Å². The summed E-state index contributed by atoms with van der Waals surface area (Å²) < 4.78 is 5.70. The molecule has 0 aliphatic carbocycles. The maximum atomic E-state index is 12.7. The second kappa shape index (κ2) is 8.99. The summed E-state index contributed by atoms with van der Waals surface area (Å²) in [6, 6.07) is 16.4. The first-order valence-corrected chi connectivity index (χ1v) is 13.5. The van der Waals surface area contributed by atoms with Gasteiger partial charge in [0.1, 0.15) is 4.70 Å². The van der Waals surface area contributed by atoms with Crippen molar-refractivity contribution in [1.82, 2.24) is 35.1 Å². The second-order valence-corrected chi connectivity index (χ2v) is 11.2. The zero-order chi connectivity index (χ0) is 24.1. The Morgan fingerprint density at radius 3 is 2.77 bits per heavy atom. The molecule has 0 saturated carbocycles. The standard InChI is InChI=1S/C24H23N7OS3/c1-13-7-3-5-9-16(13)31-22-20(35-24(31)33)21-25-15-8-4-6-10-17(15)30(21)23(27-22)34-12-19(32)26-18-11-14(2)28-29-18/h3-10,14,18,28-29H,11-12H2,1-2H3,(H,26,32). The van der Waals surface area contributed by atoms with Gasteiger partial charge in [-0.3, -0.25) is 19.2 Å². The molecule has 0 spiro atoms. The van der Waals surface area contributed by atoms with E-state index in [1.165, 1.54) is 23.1 Å². The lowest BCUT2D eigenvalue weighted by molar-refractivity contribution is -0.119. The van der Waals surface area contributed by atoms with Gasteiger partial charge in [0.25, 0.3) is 0 Å². The molecule has 5 aromatic rings. The van der Waals surface area contributed by atoms with E-state index in [0.29, 0.717) is 15.2 Å². The molecule has 1 aliphatic rings. The van der Waals surface area contributed by atoms with E-state index in [0.717, 1.165) is 44.7 Å². The molecule has 2 atom stereocenters. The minimum atomic E-state index is -0.0782. The third-order valence-electron chi connectivity index (χ3n) is 6.06. The van der Waals surface area contributed by atoms with Crippen molar-refractivity contribution in [3.05, 3.63) is 58.0 Å². The molecular formula is C24H23N7OS3. The molecule has 0 radical (unpaired) electrons. The molecule has 3 N–H and O–H groups in total. The van der Waals surface area contributed by atoms with E-state index in [9.17, 15) is 4.79 Å². The number of thiazole rings is 1. The third kappa shape index (κ3) is 4.03. The highest BCUT2D eigenvalue weighted by Crippen LogP contribution is 2.34. The Kier molecular flexibility index (Phi) is 5.81. The first-order chi connectivity index (χ1) is 17.0. The van der Waals surface area contributed by atoms with Crippen molar-refractivity contribution in [3.63, 3.8) is 0 Å². The number of benzene rings is 2. The minimum Gasteiger partial charge on any atom is -0.339 e. The molecule has 8 nitrogen and oxygen atoms in total. The summed E-state index contributed by atoms with van der Waals surface area (Å²) in [5, 5.41) is 3.74. The Bertz CT molecular complexity index is 1650. The summed E-state index contributed by atoms with van der Waals surface area (Å²) in [6.45, 7) is 4.14. The van der Waals surface area contributed by atoms with Gasteiger partial charge in [-0.1, -0.05) is 53.4 Å². The van der Waals surface area contributed by atoms with Crippen LogP contribution in [0.2, 0.25) is 0 Å². The molecule has 0 bridgehead atoms. The molecular weight excluding hydrogens is 499 g/mol. The summed E-state index contributed by atoms with van der Waals surface area (Å²) in [7, 11) is 0. The lowest BCUT2D eigenvalue weighted by atomic mass is 10.2. The van der Waals surface area contributed by atoms with E-state index < -0.39 is 0 Å². The number of hydrogen-bond donors (Lipinski definition) is 3. The molecule has 1 aliphatic heterocycles. The van der Waals surface area contributed by atoms with E-state index >= 15 is 0 Å². The van der Waals surface area contributed by atoms with Crippen LogP contribution in [0.1, 0.15) is 18.9 Å². The highest BCUT2D eigenvalue weighted by molar-refractivity contribution is 7.99. The van der Waals surface area contributed by atoms with Crippen molar-refractivity contribution in [2.75, 3.05) is 5.75 Å². The molecule has 2 aromatic carbocycles. The van der Waals surface area contributed by atoms with Crippen molar-refractivity contribution >= 4 is 68.3 Å². The number of rotatable bonds is 5. The fourth-order valence-corrected chi connectivity index (χ4v) is 6.57. The van der Waals surface area contributed by atoms with E-state index in [4.69, 9.17) is 22.2 Å². The summed E-state index contributed by atoms with van der Waals surface area (Å²) in [5.74, 6) is 0.186. The number of para-hydroxylation sites is 3. The lowest BCUT2D eigenvalue weighted by Crippen LogP contribution is -2.45. The smallest absolute Gasteiger partial charge is 0.231 e. The number of carbonyl (C=O) groups excluding carboxylic acids is 1. The molecule has 3 aromatic heterocycles. The third-order valence-corrected chi connectivity index (χ3v) is 8.36. The maximum Gasteiger partial charge on any atom is 0.231 e. The number of imidazole rings is 1. The van der Waals surface area contributed by atoms with E-state index in [1.807, 2.05) is 45.4 Å². The van der Waals surface area contributed by atoms with Crippen molar-refractivity contribution in [2.45, 2.75) is 37.6 Å². The van der Waals surface area contributed by atoms with Crippen LogP contribution in [0, 0.1) is 10.9 Å². The first kappa shape index (κ1) is 22.6. The SMILES string of the molecule is Cc1ccccc1-n1c(=S)sc2c1nc(SCC(=O)NC1CC(C)NN1)n1c3ccccc3nc21. The van der Waals surface area contributed by atoms with Crippen LogP contribution in [0.5, 0.6) is 0 Å². The van der Waals surface area contributed by atoms with E-state index in [2.05, 4.69) is 42.1 Å². The average Bonchev–Trinajstić information content (AvgIpc) is 3.52. The highest BCUT2D eigenvalue weighted by Gasteiger charge is 2.23. The highest BCUT2D eigenvalue weighted by atomic mass is 32.2. The number of carbonyl (C=O) groups is 1. The van der Waals surface area contributed by atoms with Gasteiger partial charge in [0, 0.05) is 6.04 Å². The van der Waals surface area contributed by atoms with Crippen LogP contribution in [0.4, 0.5) is 0 Å². The lowest BCUT2D eigenvalue weighted by Gasteiger charge is -2.13. The molecule has 4 heterocycles. The Hall–Kier alpha value is -2.83. The fraction of sp³-hybridized carbons (Fsp3) is 0.250. The van der Waals surface area contributed by atoms with Crippen LogP contribution >= 0.6 is 35.3 Å². The fourth-order valence-electron chi connectivity index (χ4n) is 4.42. The molecule has 1 amide bonds. The van der Waals surface area contributed by atoms with Gasteiger partial charge in [0.2, 0.25) is 5.91 Å². The zero-order valence-corrected chi connectivity index (χ0v) is 21.6. The first-order valence-electron chi connectivity index (χ1n) is 11.3. The molecule has 1 saturated heterocycles. The number of aromatic nitrogens is 4. The van der Waals surface area contributed by atoms with Gasteiger partial charge in [-0.05, 0) is 56.2 Å². The second-order valence-electron chi connectivity index (χ2n) is 8.63. The van der Waals surface area contributed by atoms with Crippen molar-refractivity contribution in [1.29, 1.82) is 0 Å². The number of amides is 1. The molecule has 6 rings (SSSR count).